The molecule has 0 fully saturated rings. The van der Waals surface area contributed by atoms with E-state index in [2.05, 4.69) is 11.1 Å². The van der Waals surface area contributed by atoms with E-state index in [1.807, 2.05) is 18.3 Å². The quantitative estimate of drug-likeness (QED) is 0.465. The molecule has 48 valence electrons. The minimum atomic E-state index is 1.02. The zero-order valence-corrected chi connectivity index (χ0v) is 5.22. The molecule has 3 rings (SSSR count). The predicted molar refractivity (Wildman–Crippen MR) is 37.5 cm³/mol. The molecule has 0 saturated carbocycles. The zero-order valence-electron chi connectivity index (χ0n) is 5.22. The third kappa shape index (κ3) is 0.365. The second kappa shape index (κ2) is 1.19. The molecule has 0 aromatic carbocycles. The molecule has 2 aliphatic heterocycles. The highest BCUT2D eigenvalue weighted by molar-refractivity contribution is 5.82. The van der Waals surface area contributed by atoms with Crippen molar-refractivity contribution in [2.24, 2.45) is 0 Å². The number of ether oxygens (including phenoxy) is 1. The van der Waals surface area contributed by atoms with Crippen LogP contribution in [0.4, 0.5) is 0 Å². The molecule has 0 spiro atoms. The van der Waals surface area contributed by atoms with Crippen LogP contribution in [0.15, 0.2) is 24.4 Å². The Balaban J connectivity index is 2.50. The lowest BCUT2D eigenvalue weighted by molar-refractivity contribution is 0.644. The molecule has 0 aromatic heterocycles. The van der Waals surface area contributed by atoms with Gasteiger partial charge in [-0.3, -0.25) is 0 Å². The van der Waals surface area contributed by atoms with Gasteiger partial charge in [-0.15, -0.1) is 0 Å². The predicted octanol–water partition coefficient (Wildman–Crippen LogP) is 2.23. The Morgan fingerprint density at radius 3 is 3.30 bits per heavy atom. The highest BCUT2D eigenvalue weighted by Crippen LogP contribution is 2.55. The molecule has 0 radical (unpaired) electrons. The maximum Gasteiger partial charge on any atom is 0.194 e. The number of fused-ring (bicyclic) bond motifs is 3. The third-order valence-corrected chi connectivity index (χ3v) is 1.80. The molecule has 1 N–H and O–H groups in total. The van der Waals surface area contributed by atoms with Gasteiger partial charge in [0.2, 0.25) is 0 Å². The maximum atomic E-state index is 5.13. The first kappa shape index (κ1) is 4.39. The van der Waals surface area contributed by atoms with E-state index in [1.165, 1.54) is 5.56 Å². The van der Waals surface area contributed by atoms with Crippen LogP contribution in [0.25, 0.3) is 11.3 Å². The smallest absolute Gasteiger partial charge is 0.194 e. The first-order valence-corrected chi connectivity index (χ1v) is 3.23. The Bertz CT molecular complexity index is 364. The Morgan fingerprint density at radius 2 is 2.40 bits per heavy atom. The van der Waals surface area contributed by atoms with Crippen LogP contribution < -0.4 is 4.74 Å². The Hall–Kier alpha value is -1.44. The first-order valence-electron chi connectivity index (χ1n) is 3.23. The summed E-state index contributed by atoms with van der Waals surface area (Å²) >= 11 is 0. The van der Waals surface area contributed by atoms with Gasteiger partial charge in [0.15, 0.2) is 11.5 Å². The SMILES string of the molecule is c1c[nH]c2c3c(cc-2c1)O3. The number of pyridine rings is 1. The van der Waals surface area contributed by atoms with Gasteiger partial charge in [-0.2, -0.15) is 0 Å². The summed E-state index contributed by atoms with van der Waals surface area (Å²) in [5, 5.41) is 0. The number of aromatic nitrogens is 1. The standard InChI is InChI=1S/C8H5NO/c1-2-5-4-6-8(10-6)7(5)9-3-1/h1-4,9H. The number of aromatic amines is 1. The van der Waals surface area contributed by atoms with E-state index in [-0.39, 0.29) is 0 Å². The molecule has 3 aliphatic rings. The molecule has 0 amide bonds. The van der Waals surface area contributed by atoms with Crippen molar-refractivity contribution in [2.75, 3.05) is 0 Å². The van der Waals surface area contributed by atoms with Crippen LogP contribution in [0.5, 0.6) is 11.5 Å². The molecule has 2 heteroatoms. The lowest BCUT2D eigenvalue weighted by atomic mass is 10.2. The van der Waals surface area contributed by atoms with Gasteiger partial charge in [0.1, 0.15) is 0 Å². The molecule has 1 aliphatic carbocycles. The number of nitrogens with one attached hydrogen (secondary N) is 1. The van der Waals surface area contributed by atoms with Gasteiger partial charge in [-0.25, -0.2) is 0 Å². The van der Waals surface area contributed by atoms with Crippen LogP contribution >= 0.6 is 0 Å². The average Bonchev–Trinajstić information content (AvgIpc) is 2.64. The fraction of sp³-hybridized carbons (Fsp3) is 0. The summed E-state index contributed by atoms with van der Waals surface area (Å²) in [4.78, 5) is 3.13. The van der Waals surface area contributed by atoms with Crippen molar-refractivity contribution < 1.29 is 4.74 Å². The van der Waals surface area contributed by atoms with Gasteiger partial charge in [0.25, 0.3) is 0 Å². The molecule has 0 saturated heterocycles. The lowest BCUT2D eigenvalue weighted by Crippen LogP contribution is -1.78. The van der Waals surface area contributed by atoms with E-state index < -0.39 is 0 Å². The van der Waals surface area contributed by atoms with Crippen molar-refractivity contribution in [3.63, 3.8) is 0 Å². The van der Waals surface area contributed by atoms with Crippen molar-refractivity contribution >= 4 is 0 Å². The summed E-state index contributed by atoms with van der Waals surface area (Å²) in [6.07, 6.45) is 1.91. The van der Waals surface area contributed by atoms with E-state index in [0.717, 1.165) is 17.2 Å². The number of H-pyrrole nitrogens is 1. The molecule has 0 aromatic rings. The van der Waals surface area contributed by atoms with Gasteiger partial charge in [-0.05, 0) is 12.1 Å². The lowest BCUT2D eigenvalue weighted by Gasteiger charge is -1.96. The second-order valence-electron chi connectivity index (χ2n) is 2.44. The fourth-order valence-corrected chi connectivity index (χ4v) is 1.26. The minimum absolute atomic E-state index is 1.02. The Kier molecular flexibility index (Phi) is 0.520. The van der Waals surface area contributed by atoms with Crippen molar-refractivity contribution in [3.8, 4) is 22.8 Å². The zero-order chi connectivity index (χ0) is 6.55. The van der Waals surface area contributed by atoms with E-state index >= 15 is 0 Å². The van der Waals surface area contributed by atoms with Crippen LogP contribution in [0.1, 0.15) is 0 Å². The summed E-state index contributed by atoms with van der Waals surface area (Å²) in [6.45, 7) is 0. The van der Waals surface area contributed by atoms with E-state index in [9.17, 15) is 0 Å². The van der Waals surface area contributed by atoms with Crippen LogP contribution in [0.2, 0.25) is 0 Å². The van der Waals surface area contributed by atoms with Gasteiger partial charge in [0, 0.05) is 11.8 Å². The summed E-state index contributed by atoms with van der Waals surface area (Å²) < 4.78 is 5.13. The molecular formula is C8H5NO. The highest BCUT2D eigenvalue weighted by atomic mass is 16.6. The number of hydrogen-bond donors (Lipinski definition) is 1. The van der Waals surface area contributed by atoms with Gasteiger partial charge >= 0.3 is 0 Å². The van der Waals surface area contributed by atoms with Gasteiger partial charge in [-0.1, -0.05) is 6.07 Å². The summed E-state index contributed by atoms with van der Waals surface area (Å²) in [6, 6.07) is 6.10. The topological polar surface area (TPSA) is 28.3 Å². The van der Waals surface area contributed by atoms with E-state index in [1.54, 1.807) is 0 Å². The summed E-state index contributed by atoms with van der Waals surface area (Å²) in [5.41, 5.74) is 2.36. The minimum Gasteiger partial charge on any atom is -0.447 e. The molecular weight excluding hydrogens is 126 g/mol. The molecule has 10 heavy (non-hydrogen) atoms. The maximum absolute atomic E-state index is 5.13. The average molecular weight is 131 g/mol. The summed E-state index contributed by atoms with van der Waals surface area (Å²) in [7, 11) is 0. The van der Waals surface area contributed by atoms with Crippen LogP contribution in [-0.2, 0) is 0 Å². The molecule has 0 unspecified atom stereocenters. The molecule has 2 heterocycles. The van der Waals surface area contributed by atoms with E-state index in [0.29, 0.717) is 0 Å². The van der Waals surface area contributed by atoms with E-state index in [4.69, 9.17) is 4.74 Å². The van der Waals surface area contributed by atoms with Crippen LogP contribution in [0.3, 0.4) is 0 Å². The Morgan fingerprint density at radius 1 is 1.40 bits per heavy atom. The van der Waals surface area contributed by atoms with Crippen molar-refractivity contribution in [3.05, 3.63) is 24.4 Å². The first-order chi connectivity index (χ1) is 4.95. The monoisotopic (exact) mass is 131 g/mol. The van der Waals surface area contributed by atoms with Crippen molar-refractivity contribution in [1.29, 1.82) is 0 Å². The van der Waals surface area contributed by atoms with Crippen LogP contribution in [-0.4, -0.2) is 4.98 Å². The number of rotatable bonds is 0. The van der Waals surface area contributed by atoms with Crippen LogP contribution in [0, 0.1) is 0 Å². The molecule has 2 nitrogen and oxygen atoms in total. The fourth-order valence-electron chi connectivity index (χ4n) is 1.26. The number of hydrogen-bond acceptors (Lipinski definition) is 1. The van der Waals surface area contributed by atoms with Gasteiger partial charge < -0.3 is 9.72 Å². The highest BCUT2D eigenvalue weighted by Gasteiger charge is 2.29. The molecule has 0 atom stereocenters. The normalized spacial score (nSPS) is 12.8. The largest absolute Gasteiger partial charge is 0.447 e. The Labute approximate surface area is 57.8 Å². The van der Waals surface area contributed by atoms with Crippen molar-refractivity contribution in [1.82, 2.24) is 4.98 Å². The second-order valence-corrected chi connectivity index (χ2v) is 2.44. The molecule has 0 bridgehead atoms. The third-order valence-electron chi connectivity index (χ3n) is 1.80. The van der Waals surface area contributed by atoms with Crippen molar-refractivity contribution in [2.45, 2.75) is 0 Å². The van der Waals surface area contributed by atoms with Gasteiger partial charge in [0.05, 0.1) is 5.69 Å². The summed E-state index contributed by atoms with van der Waals surface area (Å²) in [5.74, 6) is 2.05.